The number of nitrogen functional groups attached to an aromatic ring is 1. The third-order valence-electron chi connectivity index (χ3n) is 3.36. The van der Waals surface area contributed by atoms with Gasteiger partial charge in [0.05, 0.1) is 0 Å². The molecule has 0 fully saturated rings. The van der Waals surface area contributed by atoms with Crippen molar-refractivity contribution in [2.45, 2.75) is 26.3 Å². The molecule has 0 aromatic heterocycles. The first-order valence-corrected chi connectivity index (χ1v) is 6.87. The Balaban J connectivity index is 1.98. The molecule has 0 spiro atoms. The second-order valence-electron chi connectivity index (χ2n) is 5.28. The number of aryl methyl sites for hydroxylation is 1. The molecule has 3 N–H and O–H groups in total. The van der Waals surface area contributed by atoms with Gasteiger partial charge in [-0.3, -0.25) is 4.79 Å². The average Bonchev–Trinajstić information content (AvgIpc) is 2.44. The fraction of sp³-hybridized carbons (Fsp3) is 0.235. The first-order valence-electron chi connectivity index (χ1n) is 6.87. The Bertz CT molecular complexity index is 638. The Morgan fingerprint density at radius 2 is 1.90 bits per heavy atom. The predicted octanol–water partition coefficient (Wildman–Crippen LogP) is 3.08. The van der Waals surface area contributed by atoms with E-state index in [9.17, 15) is 9.18 Å². The highest BCUT2D eigenvalue weighted by Gasteiger charge is 2.11. The molecule has 0 bridgehead atoms. The van der Waals surface area contributed by atoms with Gasteiger partial charge in [0.1, 0.15) is 5.82 Å². The third-order valence-corrected chi connectivity index (χ3v) is 3.36. The number of nitrogens with one attached hydrogen (secondary N) is 1. The molecule has 1 unspecified atom stereocenters. The van der Waals surface area contributed by atoms with Crippen LogP contribution in [0.5, 0.6) is 0 Å². The van der Waals surface area contributed by atoms with Gasteiger partial charge in [0.15, 0.2) is 0 Å². The van der Waals surface area contributed by atoms with E-state index in [1.54, 1.807) is 30.3 Å². The lowest BCUT2D eigenvalue weighted by Crippen LogP contribution is -2.34. The van der Waals surface area contributed by atoms with Crippen LogP contribution in [0.3, 0.4) is 0 Å². The molecule has 0 heterocycles. The summed E-state index contributed by atoms with van der Waals surface area (Å²) in [5.74, 6) is -0.388. The molecule has 1 atom stereocenters. The zero-order valence-electron chi connectivity index (χ0n) is 12.2. The van der Waals surface area contributed by atoms with Crippen molar-refractivity contribution in [3.05, 3.63) is 65.0 Å². The van der Waals surface area contributed by atoms with Crippen LogP contribution in [0.25, 0.3) is 0 Å². The van der Waals surface area contributed by atoms with Crippen LogP contribution >= 0.6 is 0 Å². The van der Waals surface area contributed by atoms with Crippen LogP contribution < -0.4 is 11.1 Å². The van der Waals surface area contributed by atoms with E-state index in [-0.39, 0.29) is 17.8 Å². The summed E-state index contributed by atoms with van der Waals surface area (Å²) in [6.07, 6.45) is 0.653. The summed E-state index contributed by atoms with van der Waals surface area (Å²) in [5.41, 5.74) is 8.87. The van der Waals surface area contributed by atoms with Crippen LogP contribution in [0.1, 0.15) is 28.4 Å². The molecule has 2 rings (SSSR count). The van der Waals surface area contributed by atoms with Crippen molar-refractivity contribution in [3.8, 4) is 0 Å². The minimum atomic E-state index is -0.257. The van der Waals surface area contributed by atoms with Gasteiger partial charge >= 0.3 is 0 Å². The van der Waals surface area contributed by atoms with Gasteiger partial charge in [-0.15, -0.1) is 0 Å². The monoisotopic (exact) mass is 286 g/mol. The molecule has 0 saturated heterocycles. The van der Waals surface area contributed by atoms with Crippen LogP contribution in [-0.2, 0) is 6.42 Å². The molecule has 4 heteroatoms. The Morgan fingerprint density at radius 3 is 2.52 bits per heavy atom. The summed E-state index contributed by atoms with van der Waals surface area (Å²) < 4.78 is 12.8. The van der Waals surface area contributed by atoms with Crippen molar-refractivity contribution in [2.24, 2.45) is 0 Å². The van der Waals surface area contributed by atoms with E-state index in [4.69, 9.17) is 5.73 Å². The summed E-state index contributed by atoms with van der Waals surface area (Å²) in [6.45, 7) is 3.79. The number of rotatable bonds is 4. The van der Waals surface area contributed by atoms with E-state index >= 15 is 0 Å². The Hall–Kier alpha value is -2.36. The minimum absolute atomic E-state index is 0.0409. The fourth-order valence-corrected chi connectivity index (χ4v) is 2.15. The van der Waals surface area contributed by atoms with E-state index in [0.29, 0.717) is 17.7 Å². The molecule has 110 valence electrons. The predicted molar refractivity (Wildman–Crippen MR) is 82.6 cm³/mol. The standard InChI is InChI=1S/C17H19FN2O/c1-11-9-14(5-8-16(11)19)17(21)20-12(2)10-13-3-6-15(18)7-4-13/h3-9,12H,10,19H2,1-2H3,(H,20,21). The maximum absolute atomic E-state index is 12.8. The molecular formula is C17H19FN2O. The number of hydrogen-bond acceptors (Lipinski definition) is 2. The molecule has 3 nitrogen and oxygen atoms in total. The van der Waals surface area contributed by atoms with Crippen LogP contribution in [0, 0.1) is 12.7 Å². The number of anilines is 1. The lowest BCUT2D eigenvalue weighted by atomic mass is 10.1. The molecule has 0 aliphatic heterocycles. The zero-order chi connectivity index (χ0) is 15.4. The number of hydrogen-bond donors (Lipinski definition) is 2. The van der Waals surface area contributed by atoms with Crippen molar-refractivity contribution >= 4 is 11.6 Å². The van der Waals surface area contributed by atoms with Gasteiger partial charge in [0.25, 0.3) is 5.91 Å². The van der Waals surface area contributed by atoms with Gasteiger partial charge in [-0.05, 0) is 61.7 Å². The molecule has 2 aromatic rings. The second kappa shape index (κ2) is 6.39. The smallest absolute Gasteiger partial charge is 0.251 e. The topological polar surface area (TPSA) is 55.1 Å². The summed E-state index contributed by atoms with van der Waals surface area (Å²) in [7, 11) is 0. The van der Waals surface area contributed by atoms with Crippen molar-refractivity contribution in [3.63, 3.8) is 0 Å². The number of amides is 1. The van der Waals surface area contributed by atoms with Crippen LogP contribution in [-0.4, -0.2) is 11.9 Å². The maximum atomic E-state index is 12.8. The average molecular weight is 286 g/mol. The van der Waals surface area contributed by atoms with Gasteiger partial charge in [-0.1, -0.05) is 12.1 Å². The molecule has 0 saturated carbocycles. The summed E-state index contributed by atoms with van der Waals surface area (Å²) in [6, 6.07) is 11.5. The fourth-order valence-electron chi connectivity index (χ4n) is 2.15. The van der Waals surface area contributed by atoms with Crippen LogP contribution in [0.15, 0.2) is 42.5 Å². The molecule has 0 radical (unpaired) electrons. The zero-order valence-corrected chi connectivity index (χ0v) is 12.2. The van der Waals surface area contributed by atoms with Gasteiger partial charge in [-0.2, -0.15) is 0 Å². The van der Waals surface area contributed by atoms with Gasteiger partial charge in [0, 0.05) is 17.3 Å². The Morgan fingerprint density at radius 1 is 1.24 bits per heavy atom. The maximum Gasteiger partial charge on any atom is 0.251 e. The van der Waals surface area contributed by atoms with Crippen molar-refractivity contribution in [1.29, 1.82) is 0 Å². The molecule has 1 amide bonds. The Labute approximate surface area is 124 Å². The summed E-state index contributed by atoms with van der Waals surface area (Å²) in [4.78, 5) is 12.2. The number of nitrogens with two attached hydrogens (primary N) is 1. The van der Waals surface area contributed by atoms with Crippen LogP contribution in [0.2, 0.25) is 0 Å². The van der Waals surface area contributed by atoms with Gasteiger partial charge in [-0.25, -0.2) is 4.39 Å². The van der Waals surface area contributed by atoms with E-state index in [0.717, 1.165) is 11.1 Å². The highest BCUT2D eigenvalue weighted by atomic mass is 19.1. The minimum Gasteiger partial charge on any atom is -0.399 e. The molecular weight excluding hydrogens is 267 g/mol. The first kappa shape index (κ1) is 15.0. The van der Waals surface area contributed by atoms with E-state index in [1.165, 1.54) is 12.1 Å². The molecule has 2 aromatic carbocycles. The number of benzene rings is 2. The number of carbonyl (C=O) groups is 1. The second-order valence-corrected chi connectivity index (χ2v) is 5.28. The highest BCUT2D eigenvalue weighted by molar-refractivity contribution is 5.95. The van der Waals surface area contributed by atoms with E-state index in [1.807, 2.05) is 13.8 Å². The van der Waals surface area contributed by atoms with Gasteiger partial charge in [0.2, 0.25) is 0 Å². The lowest BCUT2D eigenvalue weighted by molar-refractivity contribution is 0.0940. The third kappa shape index (κ3) is 4.05. The van der Waals surface area contributed by atoms with E-state index < -0.39 is 0 Å². The summed E-state index contributed by atoms with van der Waals surface area (Å²) >= 11 is 0. The van der Waals surface area contributed by atoms with Crippen molar-refractivity contribution < 1.29 is 9.18 Å². The number of carbonyl (C=O) groups excluding carboxylic acids is 1. The summed E-state index contributed by atoms with van der Waals surface area (Å²) in [5, 5.41) is 2.93. The van der Waals surface area contributed by atoms with Crippen LogP contribution in [0.4, 0.5) is 10.1 Å². The molecule has 0 aliphatic carbocycles. The Kier molecular flexibility index (Phi) is 4.58. The molecule has 0 aliphatic rings. The number of halogens is 1. The van der Waals surface area contributed by atoms with Crippen molar-refractivity contribution in [2.75, 3.05) is 5.73 Å². The van der Waals surface area contributed by atoms with E-state index in [2.05, 4.69) is 5.32 Å². The molecule has 21 heavy (non-hydrogen) atoms. The first-order chi connectivity index (χ1) is 9.95. The van der Waals surface area contributed by atoms with Gasteiger partial charge < -0.3 is 11.1 Å². The SMILES string of the molecule is Cc1cc(C(=O)NC(C)Cc2ccc(F)cc2)ccc1N. The highest BCUT2D eigenvalue weighted by Crippen LogP contribution is 2.13. The van der Waals surface area contributed by atoms with Crippen molar-refractivity contribution in [1.82, 2.24) is 5.32 Å². The largest absolute Gasteiger partial charge is 0.399 e. The lowest BCUT2D eigenvalue weighted by Gasteiger charge is -2.14. The quantitative estimate of drug-likeness (QED) is 0.849. The normalized spacial score (nSPS) is 12.0.